The molecule has 122 valence electrons. The molecule has 1 saturated carbocycles. The number of nitrogens with one attached hydrogen (secondary N) is 1. The number of likely N-dealkylation sites (tertiary alicyclic amines) is 1. The topological polar surface area (TPSA) is 36.9 Å². The monoisotopic (exact) mass is 295 g/mol. The minimum atomic E-state index is 0.746. The predicted molar refractivity (Wildman–Crippen MR) is 88.7 cm³/mol. The molecule has 21 heavy (non-hydrogen) atoms. The second-order valence-corrected chi connectivity index (χ2v) is 6.41. The highest BCUT2D eigenvalue weighted by molar-refractivity contribution is 5.80. The largest absolute Gasteiger partial charge is 0.380 e. The van der Waals surface area contributed by atoms with E-state index in [-0.39, 0.29) is 0 Å². The summed E-state index contributed by atoms with van der Waals surface area (Å²) in [6.45, 7) is 10.1. The molecular formula is C17H33N3O. The fraction of sp³-hybridized carbons (Fsp3) is 0.941. The smallest absolute Gasteiger partial charge is 0.194 e. The fourth-order valence-corrected chi connectivity index (χ4v) is 3.57. The van der Waals surface area contributed by atoms with Crippen LogP contribution in [-0.4, -0.2) is 50.3 Å². The van der Waals surface area contributed by atoms with Crippen molar-refractivity contribution in [2.24, 2.45) is 16.8 Å². The summed E-state index contributed by atoms with van der Waals surface area (Å²) in [4.78, 5) is 7.24. The lowest BCUT2D eigenvalue weighted by molar-refractivity contribution is 0.138. The standard InChI is InChI=1S/C17H33N3O/c1-3-5-11-21-12-10-19-17(18-4-2)20-13-15-8-6-7-9-16(15)14-20/h15-16H,3-14H2,1-2H3,(H,18,19). The zero-order valence-electron chi connectivity index (χ0n) is 13.9. The van der Waals surface area contributed by atoms with Crippen molar-refractivity contribution in [3.63, 3.8) is 0 Å². The molecule has 1 N–H and O–H groups in total. The van der Waals surface area contributed by atoms with Crippen LogP contribution in [0.3, 0.4) is 0 Å². The van der Waals surface area contributed by atoms with Crippen LogP contribution in [0, 0.1) is 11.8 Å². The molecule has 2 atom stereocenters. The number of fused-ring (bicyclic) bond motifs is 1. The van der Waals surface area contributed by atoms with E-state index in [0.717, 1.165) is 50.5 Å². The molecule has 1 aliphatic carbocycles. The SMILES string of the molecule is CCCCOCCN=C(NCC)N1CC2CCCCC2C1. The number of unbranched alkanes of at least 4 members (excludes halogenated alkanes) is 1. The van der Waals surface area contributed by atoms with E-state index >= 15 is 0 Å². The molecule has 0 radical (unpaired) electrons. The summed E-state index contributed by atoms with van der Waals surface area (Å²) in [5.41, 5.74) is 0. The van der Waals surface area contributed by atoms with Gasteiger partial charge >= 0.3 is 0 Å². The van der Waals surface area contributed by atoms with Gasteiger partial charge in [-0.15, -0.1) is 0 Å². The van der Waals surface area contributed by atoms with Crippen molar-refractivity contribution in [2.75, 3.05) is 39.4 Å². The lowest BCUT2D eigenvalue weighted by atomic mass is 9.82. The molecule has 1 heterocycles. The van der Waals surface area contributed by atoms with Gasteiger partial charge in [0.2, 0.25) is 0 Å². The van der Waals surface area contributed by atoms with E-state index in [1.165, 1.54) is 45.2 Å². The summed E-state index contributed by atoms with van der Waals surface area (Å²) in [7, 11) is 0. The molecule has 4 heteroatoms. The lowest BCUT2D eigenvalue weighted by Crippen LogP contribution is -2.40. The highest BCUT2D eigenvalue weighted by atomic mass is 16.5. The van der Waals surface area contributed by atoms with Gasteiger partial charge in [-0.2, -0.15) is 0 Å². The fourth-order valence-electron chi connectivity index (χ4n) is 3.57. The van der Waals surface area contributed by atoms with E-state index in [1.807, 2.05) is 0 Å². The zero-order chi connectivity index (χ0) is 14.9. The summed E-state index contributed by atoms with van der Waals surface area (Å²) in [5, 5.41) is 3.46. The Morgan fingerprint density at radius 2 is 1.86 bits per heavy atom. The number of hydrogen-bond acceptors (Lipinski definition) is 2. The first-order valence-corrected chi connectivity index (χ1v) is 8.96. The van der Waals surface area contributed by atoms with Gasteiger partial charge < -0.3 is 15.0 Å². The van der Waals surface area contributed by atoms with E-state index in [4.69, 9.17) is 9.73 Å². The van der Waals surface area contributed by atoms with E-state index < -0.39 is 0 Å². The zero-order valence-corrected chi connectivity index (χ0v) is 13.9. The van der Waals surface area contributed by atoms with Gasteiger partial charge in [-0.05, 0) is 38.0 Å². The van der Waals surface area contributed by atoms with Gasteiger partial charge in [-0.3, -0.25) is 4.99 Å². The minimum absolute atomic E-state index is 0.746. The van der Waals surface area contributed by atoms with Crippen molar-refractivity contribution in [3.8, 4) is 0 Å². The molecule has 1 aliphatic heterocycles. The third kappa shape index (κ3) is 5.17. The number of aliphatic imine (C=N–C) groups is 1. The minimum Gasteiger partial charge on any atom is -0.380 e. The molecule has 0 aromatic heterocycles. The molecular weight excluding hydrogens is 262 g/mol. The normalized spacial score (nSPS) is 26.0. The average Bonchev–Trinajstić information content (AvgIpc) is 2.93. The molecule has 2 unspecified atom stereocenters. The van der Waals surface area contributed by atoms with Crippen LogP contribution < -0.4 is 5.32 Å². The predicted octanol–water partition coefficient (Wildman–Crippen LogP) is 2.89. The van der Waals surface area contributed by atoms with Crippen molar-refractivity contribution in [3.05, 3.63) is 0 Å². The van der Waals surface area contributed by atoms with Crippen molar-refractivity contribution < 1.29 is 4.74 Å². The maximum Gasteiger partial charge on any atom is 0.194 e. The molecule has 0 amide bonds. The summed E-state index contributed by atoms with van der Waals surface area (Å²) in [6.07, 6.45) is 8.03. The molecule has 4 nitrogen and oxygen atoms in total. The summed E-state index contributed by atoms with van der Waals surface area (Å²) < 4.78 is 5.61. The van der Waals surface area contributed by atoms with E-state index in [1.54, 1.807) is 0 Å². The van der Waals surface area contributed by atoms with Crippen molar-refractivity contribution in [2.45, 2.75) is 52.4 Å². The summed E-state index contributed by atoms with van der Waals surface area (Å²) in [5.74, 6) is 2.91. The van der Waals surface area contributed by atoms with Crippen molar-refractivity contribution in [1.82, 2.24) is 10.2 Å². The van der Waals surface area contributed by atoms with Crippen molar-refractivity contribution >= 4 is 5.96 Å². The number of hydrogen-bond donors (Lipinski definition) is 1. The first kappa shape index (κ1) is 16.6. The Kier molecular flexibility index (Phi) is 7.34. The third-order valence-electron chi connectivity index (χ3n) is 4.75. The van der Waals surface area contributed by atoms with Crippen LogP contribution in [-0.2, 0) is 4.74 Å². The highest BCUT2D eigenvalue weighted by Gasteiger charge is 2.35. The Labute approximate surface area is 130 Å². The van der Waals surface area contributed by atoms with Crippen LogP contribution in [0.2, 0.25) is 0 Å². The number of rotatable bonds is 7. The van der Waals surface area contributed by atoms with Crippen LogP contribution >= 0.6 is 0 Å². The Balaban J connectivity index is 1.78. The average molecular weight is 295 g/mol. The van der Waals surface area contributed by atoms with Gasteiger partial charge in [-0.1, -0.05) is 26.2 Å². The maximum atomic E-state index is 5.61. The maximum absolute atomic E-state index is 5.61. The van der Waals surface area contributed by atoms with Crippen LogP contribution in [0.15, 0.2) is 4.99 Å². The van der Waals surface area contributed by atoms with Gasteiger partial charge in [0.25, 0.3) is 0 Å². The Morgan fingerprint density at radius 3 is 2.48 bits per heavy atom. The summed E-state index contributed by atoms with van der Waals surface area (Å²) >= 11 is 0. The van der Waals surface area contributed by atoms with Gasteiger partial charge in [0, 0.05) is 26.2 Å². The van der Waals surface area contributed by atoms with Crippen LogP contribution in [0.1, 0.15) is 52.4 Å². The lowest BCUT2D eigenvalue weighted by Gasteiger charge is -2.22. The molecule has 0 aromatic carbocycles. The van der Waals surface area contributed by atoms with E-state index in [0.29, 0.717) is 0 Å². The second kappa shape index (κ2) is 9.29. The third-order valence-corrected chi connectivity index (χ3v) is 4.75. The Morgan fingerprint density at radius 1 is 1.14 bits per heavy atom. The highest BCUT2D eigenvalue weighted by Crippen LogP contribution is 2.35. The van der Waals surface area contributed by atoms with Crippen LogP contribution in [0.25, 0.3) is 0 Å². The molecule has 0 aromatic rings. The van der Waals surface area contributed by atoms with Crippen molar-refractivity contribution in [1.29, 1.82) is 0 Å². The van der Waals surface area contributed by atoms with Gasteiger partial charge in [0.05, 0.1) is 13.2 Å². The summed E-state index contributed by atoms with van der Waals surface area (Å²) in [6, 6.07) is 0. The number of nitrogens with zero attached hydrogens (tertiary/aromatic N) is 2. The first-order chi connectivity index (χ1) is 10.3. The molecule has 0 spiro atoms. The first-order valence-electron chi connectivity index (χ1n) is 8.96. The molecule has 2 aliphatic rings. The Hall–Kier alpha value is -0.770. The molecule has 2 fully saturated rings. The van der Waals surface area contributed by atoms with Gasteiger partial charge in [-0.25, -0.2) is 0 Å². The molecule has 2 rings (SSSR count). The number of guanidine groups is 1. The molecule has 0 bridgehead atoms. The molecule has 1 saturated heterocycles. The quantitative estimate of drug-likeness (QED) is 0.446. The van der Waals surface area contributed by atoms with E-state index in [9.17, 15) is 0 Å². The van der Waals surface area contributed by atoms with Crippen LogP contribution in [0.5, 0.6) is 0 Å². The van der Waals surface area contributed by atoms with Gasteiger partial charge in [0.1, 0.15) is 0 Å². The Bertz CT molecular complexity index is 305. The second-order valence-electron chi connectivity index (χ2n) is 6.41. The van der Waals surface area contributed by atoms with E-state index in [2.05, 4.69) is 24.1 Å². The van der Waals surface area contributed by atoms with Gasteiger partial charge in [0.15, 0.2) is 5.96 Å². The van der Waals surface area contributed by atoms with Crippen LogP contribution in [0.4, 0.5) is 0 Å². The number of ether oxygens (including phenoxy) is 1.